The number of aliphatic hydroxyl groups is 1. The molecule has 1 amide bonds. The van der Waals surface area contributed by atoms with Crippen LogP contribution in [0.4, 0.5) is 8.78 Å². The van der Waals surface area contributed by atoms with Gasteiger partial charge in [0.1, 0.15) is 17.2 Å². The van der Waals surface area contributed by atoms with E-state index in [1.807, 2.05) is 0 Å². The van der Waals surface area contributed by atoms with Gasteiger partial charge in [-0.15, -0.1) is 0 Å². The summed E-state index contributed by atoms with van der Waals surface area (Å²) < 4.78 is 27.4. The molecule has 110 valence electrons. The molecule has 6 heteroatoms. The fourth-order valence-electron chi connectivity index (χ4n) is 1.83. The third-order valence-electron chi connectivity index (χ3n) is 2.87. The molecule has 0 heterocycles. The van der Waals surface area contributed by atoms with E-state index in [9.17, 15) is 18.7 Å². The highest BCUT2D eigenvalue weighted by molar-refractivity contribution is 9.10. The lowest BCUT2D eigenvalue weighted by Gasteiger charge is -2.13. The normalized spacial score (nSPS) is 12.0. The van der Waals surface area contributed by atoms with Crippen LogP contribution >= 0.6 is 15.9 Å². The average Bonchev–Trinajstić information content (AvgIpc) is 2.44. The molecule has 2 aromatic rings. The molecule has 0 spiro atoms. The lowest BCUT2D eigenvalue weighted by atomic mass is 10.1. The van der Waals surface area contributed by atoms with E-state index in [2.05, 4.69) is 21.2 Å². The van der Waals surface area contributed by atoms with Gasteiger partial charge in [0.25, 0.3) is 5.91 Å². The van der Waals surface area contributed by atoms with E-state index in [0.717, 1.165) is 12.1 Å². The zero-order chi connectivity index (χ0) is 15.4. The summed E-state index contributed by atoms with van der Waals surface area (Å²) in [6.45, 7) is -0.141. The number of amides is 1. The van der Waals surface area contributed by atoms with Gasteiger partial charge in [0.15, 0.2) is 0 Å². The molecule has 0 saturated carbocycles. The monoisotopic (exact) mass is 355 g/mol. The molecular weight excluding hydrogens is 344 g/mol. The van der Waals surface area contributed by atoms with Crippen LogP contribution in [-0.2, 0) is 0 Å². The number of halogens is 3. The van der Waals surface area contributed by atoms with Gasteiger partial charge >= 0.3 is 0 Å². The third-order valence-corrected chi connectivity index (χ3v) is 3.33. The SMILES string of the molecule is O=C(NCC(O)c1ccccc1)c1c(F)cc(Br)cc1F. The Morgan fingerprint density at radius 2 is 1.76 bits per heavy atom. The van der Waals surface area contributed by atoms with Crippen molar-refractivity contribution < 1.29 is 18.7 Å². The first-order chi connectivity index (χ1) is 9.99. The van der Waals surface area contributed by atoms with Crippen LogP contribution in [0.2, 0.25) is 0 Å². The number of hydrogen-bond acceptors (Lipinski definition) is 2. The number of hydrogen-bond donors (Lipinski definition) is 2. The summed E-state index contributed by atoms with van der Waals surface area (Å²) in [6, 6.07) is 10.7. The quantitative estimate of drug-likeness (QED) is 0.884. The topological polar surface area (TPSA) is 49.3 Å². The number of benzene rings is 2. The van der Waals surface area contributed by atoms with Crippen LogP contribution in [0.1, 0.15) is 22.0 Å². The van der Waals surface area contributed by atoms with Crippen molar-refractivity contribution in [1.29, 1.82) is 0 Å². The molecule has 2 N–H and O–H groups in total. The van der Waals surface area contributed by atoms with E-state index >= 15 is 0 Å². The molecule has 0 aliphatic rings. The Kier molecular flexibility index (Phi) is 5.03. The smallest absolute Gasteiger partial charge is 0.257 e. The van der Waals surface area contributed by atoms with Crippen molar-refractivity contribution in [3.63, 3.8) is 0 Å². The van der Waals surface area contributed by atoms with Gasteiger partial charge in [-0.2, -0.15) is 0 Å². The Morgan fingerprint density at radius 3 is 2.33 bits per heavy atom. The fraction of sp³-hybridized carbons (Fsp3) is 0.133. The number of carbonyl (C=O) groups is 1. The molecule has 2 aromatic carbocycles. The molecule has 0 radical (unpaired) electrons. The maximum atomic E-state index is 13.6. The summed E-state index contributed by atoms with van der Waals surface area (Å²) in [6.07, 6.45) is -0.947. The Balaban J connectivity index is 2.06. The summed E-state index contributed by atoms with van der Waals surface area (Å²) >= 11 is 2.94. The van der Waals surface area contributed by atoms with Crippen molar-refractivity contribution in [3.8, 4) is 0 Å². The first kappa shape index (κ1) is 15.6. The van der Waals surface area contributed by atoms with Gasteiger partial charge in [0, 0.05) is 11.0 Å². The van der Waals surface area contributed by atoms with Crippen LogP contribution < -0.4 is 5.32 Å². The fourth-order valence-corrected chi connectivity index (χ4v) is 2.23. The second-order valence-electron chi connectivity index (χ2n) is 4.38. The standard InChI is InChI=1S/C15H12BrF2NO2/c16-10-6-11(17)14(12(18)7-10)15(21)19-8-13(20)9-4-2-1-3-5-9/h1-7,13,20H,8H2,(H,19,21). The Bertz CT molecular complexity index is 626. The number of aliphatic hydroxyl groups excluding tert-OH is 1. The van der Waals surface area contributed by atoms with Crippen LogP contribution in [0, 0.1) is 11.6 Å². The van der Waals surface area contributed by atoms with E-state index < -0.39 is 29.2 Å². The van der Waals surface area contributed by atoms with Crippen molar-refractivity contribution >= 4 is 21.8 Å². The van der Waals surface area contributed by atoms with Crippen LogP contribution in [0.5, 0.6) is 0 Å². The van der Waals surface area contributed by atoms with Crippen molar-refractivity contribution in [2.24, 2.45) is 0 Å². The Morgan fingerprint density at radius 1 is 1.19 bits per heavy atom. The van der Waals surface area contributed by atoms with Crippen molar-refractivity contribution in [2.45, 2.75) is 6.10 Å². The van der Waals surface area contributed by atoms with E-state index in [-0.39, 0.29) is 11.0 Å². The summed E-state index contributed by atoms with van der Waals surface area (Å²) in [5.41, 5.74) is -0.0620. The van der Waals surface area contributed by atoms with E-state index in [0.29, 0.717) is 5.56 Å². The van der Waals surface area contributed by atoms with Gasteiger partial charge < -0.3 is 10.4 Å². The minimum absolute atomic E-state index is 0.141. The minimum Gasteiger partial charge on any atom is -0.387 e. The van der Waals surface area contributed by atoms with Crippen molar-refractivity contribution in [1.82, 2.24) is 5.32 Å². The van der Waals surface area contributed by atoms with E-state index in [1.165, 1.54) is 0 Å². The Hall–Kier alpha value is -1.79. The lowest BCUT2D eigenvalue weighted by molar-refractivity contribution is 0.0908. The molecule has 21 heavy (non-hydrogen) atoms. The molecule has 0 bridgehead atoms. The molecule has 3 nitrogen and oxygen atoms in total. The first-order valence-electron chi connectivity index (χ1n) is 6.15. The highest BCUT2D eigenvalue weighted by Gasteiger charge is 2.19. The van der Waals surface area contributed by atoms with E-state index in [4.69, 9.17) is 0 Å². The van der Waals surface area contributed by atoms with Crippen LogP contribution in [0.15, 0.2) is 46.9 Å². The summed E-state index contributed by atoms with van der Waals surface area (Å²) in [5, 5.41) is 12.2. The third kappa shape index (κ3) is 3.86. The van der Waals surface area contributed by atoms with Gasteiger partial charge in [0.2, 0.25) is 0 Å². The number of carbonyl (C=O) groups excluding carboxylic acids is 1. The summed E-state index contributed by atoms with van der Waals surface area (Å²) in [4.78, 5) is 11.8. The summed E-state index contributed by atoms with van der Waals surface area (Å²) in [7, 11) is 0. The maximum Gasteiger partial charge on any atom is 0.257 e. The minimum atomic E-state index is -0.964. The zero-order valence-corrected chi connectivity index (χ0v) is 12.4. The predicted octanol–water partition coefficient (Wildman–Crippen LogP) is 3.19. The highest BCUT2D eigenvalue weighted by atomic mass is 79.9. The van der Waals surface area contributed by atoms with Crippen molar-refractivity contribution in [3.05, 3.63) is 69.7 Å². The van der Waals surface area contributed by atoms with E-state index in [1.54, 1.807) is 30.3 Å². The summed E-state index contributed by atoms with van der Waals surface area (Å²) in [5.74, 6) is -2.84. The first-order valence-corrected chi connectivity index (χ1v) is 6.94. The molecule has 0 aromatic heterocycles. The zero-order valence-electron chi connectivity index (χ0n) is 10.8. The molecule has 0 aliphatic carbocycles. The van der Waals surface area contributed by atoms with Crippen molar-refractivity contribution in [2.75, 3.05) is 6.54 Å². The lowest BCUT2D eigenvalue weighted by Crippen LogP contribution is -2.29. The second kappa shape index (κ2) is 6.78. The maximum absolute atomic E-state index is 13.6. The Labute approximate surface area is 128 Å². The largest absolute Gasteiger partial charge is 0.387 e. The van der Waals surface area contributed by atoms with Gasteiger partial charge in [-0.05, 0) is 17.7 Å². The second-order valence-corrected chi connectivity index (χ2v) is 5.30. The van der Waals surface area contributed by atoms with Gasteiger partial charge in [-0.3, -0.25) is 4.79 Å². The van der Waals surface area contributed by atoms with Gasteiger partial charge in [-0.1, -0.05) is 46.3 Å². The molecule has 0 saturated heterocycles. The molecule has 0 aliphatic heterocycles. The molecule has 0 fully saturated rings. The molecule has 1 atom stereocenters. The number of rotatable bonds is 4. The van der Waals surface area contributed by atoms with Crippen LogP contribution in [0.3, 0.4) is 0 Å². The highest BCUT2D eigenvalue weighted by Crippen LogP contribution is 2.19. The number of nitrogens with one attached hydrogen (secondary N) is 1. The molecule has 1 unspecified atom stereocenters. The molecular formula is C15H12BrF2NO2. The van der Waals surface area contributed by atoms with Crippen LogP contribution in [-0.4, -0.2) is 17.6 Å². The van der Waals surface area contributed by atoms with Crippen LogP contribution in [0.25, 0.3) is 0 Å². The van der Waals surface area contributed by atoms with Gasteiger partial charge in [0.05, 0.1) is 6.10 Å². The molecule has 2 rings (SSSR count). The average molecular weight is 356 g/mol. The predicted molar refractivity (Wildman–Crippen MR) is 77.8 cm³/mol. The van der Waals surface area contributed by atoms with Gasteiger partial charge in [-0.25, -0.2) is 8.78 Å².